The Labute approximate surface area is 199 Å². The number of morpholine rings is 1. The van der Waals surface area contributed by atoms with Gasteiger partial charge < -0.3 is 14.2 Å². The molecule has 0 saturated carbocycles. The number of nitrogens with zero attached hydrogens (tertiary/aromatic N) is 3. The molecule has 176 valence electrons. The quantitative estimate of drug-likeness (QED) is 0.531. The molecule has 0 N–H and O–H groups in total. The molecule has 0 unspecified atom stereocenters. The maximum Gasteiger partial charge on any atom is 0.417 e. The van der Waals surface area contributed by atoms with E-state index in [-0.39, 0.29) is 17.1 Å². The number of hydrogen-bond donors (Lipinski definition) is 0. The molecule has 1 fully saturated rings. The van der Waals surface area contributed by atoms with Crippen molar-refractivity contribution in [3.63, 3.8) is 0 Å². The SMILES string of the molecule is O=c1cc(C2=CCc3ncc(N4CCOCC4)cc32)ccn1Cc1ccc(C(F)(F)F)c(Cl)c1. The van der Waals surface area contributed by atoms with Gasteiger partial charge in [-0.15, -0.1) is 0 Å². The monoisotopic (exact) mass is 487 g/mol. The maximum absolute atomic E-state index is 12.9. The minimum atomic E-state index is -4.52. The van der Waals surface area contributed by atoms with Gasteiger partial charge in [-0.3, -0.25) is 9.78 Å². The van der Waals surface area contributed by atoms with E-state index in [1.807, 2.05) is 12.3 Å². The van der Waals surface area contributed by atoms with Crippen molar-refractivity contribution in [3.8, 4) is 0 Å². The number of hydrogen-bond acceptors (Lipinski definition) is 4. The second kappa shape index (κ2) is 8.92. The van der Waals surface area contributed by atoms with E-state index in [1.54, 1.807) is 12.3 Å². The molecule has 9 heteroatoms. The van der Waals surface area contributed by atoms with Gasteiger partial charge in [0.25, 0.3) is 5.56 Å². The first kappa shape index (κ1) is 22.7. The minimum absolute atomic E-state index is 0.120. The molecule has 34 heavy (non-hydrogen) atoms. The largest absolute Gasteiger partial charge is 0.417 e. The van der Waals surface area contributed by atoms with Gasteiger partial charge in [0.05, 0.1) is 47.9 Å². The van der Waals surface area contributed by atoms with Crippen molar-refractivity contribution in [2.75, 3.05) is 31.2 Å². The third-order valence-electron chi connectivity index (χ3n) is 6.12. The van der Waals surface area contributed by atoms with Crippen LogP contribution in [0.5, 0.6) is 0 Å². The fraction of sp³-hybridized carbons (Fsp3) is 0.280. The Morgan fingerprint density at radius 2 is 1.88 bits per heavy atom. The molecule has 1 aliphatic carbocycles. The van der Waals surface area contributed by atoms with E-state index in [1.165, 1.54) is 16.7 Å². The van der Waals surface area contributed by atoms with Crippen LogP contribution in [0.3, 0.4) is 0 Å². The molecule has 3 heterocycles. The lowest BCUT2D eigenvalue weighted by molar-refractivity contribution is -0.137. The van der Waals surface area contributed by atoms with E-state index in [0.717, 1.165) is 47.2 Å². The summed E-state index contributed by atoms with van der Waals surface area (Å²) in [5, 5.41) is -0.383. The summed E-state index contributed by atoms with van der Waals surface area (Å²) in [6.45, 7) is 3.10. The molecular formula is C25H21ClF3N3O2. The van der Waals surface area contributed by atoms with E-state index < -0.39 is 11.7 Å². The van der Waals surface area contributed by atoms with Crippen LogP contribution in [0.15, 0.2) is 59.7 Å². The van der Waals surface area contributed by atoms with E-state index in [2.05, 4.69) is 22.0 Å². The van der Waals surface area contributed by atoms with Crippen LogP contribution >= 0.6 is 11.6 Å². The van der Waals surface area contributed by atoms with Gasteiger partial charge in [0, 0.05) is 37.3 Å². The Morgan fingerprint density at radius 1 is 1.09 bits per heavy atom. The van der Waals surface area contributed by atoms with Crippen LogP contribution < -0.4 is 10.5 Å². The van der Waals surface area contributed by atoms with Crippen molar-refractivity contribution in [1.29, 1.82) is 0 Å². The molecule has 1 aromatic carbocycles. The van der Waals surface area contributed by atoms with Gasteiger partial charge in [0.1, 0.15) is 0 Å². The summed E-state index contributed by atoms with van der Waals surface area (Å²) in [6, 6.07) is 9.03. The van der Waals surface area contributed by atoms with Gasteiger partial charge in [-0.25, -0.2) is 0 Å². The zero-order chi connectivity index (χ0) is 23.9. The summed E-state index contributed by atoms with van der Waals surface area (Å²) in [5.41, 5.74) is 4.12. The van der Waals surface area contributed by atoms with Crippen LogP contribution in [-0.4, -0.2) is 35.9 Å². The Morgan fingerprint density at radius 3 is 2.59 bits per heavy atom. The van der Waals surface area contributed by atoms with Crippen LogP contribution in [0.2, 0.25) is 5.02 Å². The first-order valence-electron chi connectivity index (χ1n) is 10.9. The van der Waals surface area contributed by atoms with Gasteiger partial charge >= 0.3 is 6.18 Å². The van der Waals surface area contributed by atoms with Crippen molar-refractivity contribution < 1.29 is 17.9 Å². The summed E-state index contributed by atoms with van der Waals surface area (Å²) in [5.74, 6) is 0. The lowest BCUT2D eigenvalue weighted by Gasteiger charge is -2.29. The second-order valence-electron chi connectivity index (χ2n) is 8.30. The molecule has 3 aromatic rings. The van der Waals surface area contributed by atoms with Gasteiger partial charge in [-0.2, -0.15) is 13.2 Å². The van der Waals surface area contributed by atoms with E-state index >= 15 is 0 Å². The zero-order valence-electron chi connectivity index (χ0n) is 18.1. The van der Waals surface area contributed by atoms with E-state index in [9.17, 15) is 18.0 Å². The first-order chi connectivity index (χ1) is 16.3. The highest BCUT2D eigenvalue weighted by atomic mass is 35.5. The lowest BCUT2D eigenvalue weighted by atomic mass is 10.0. The Bertz CT molecular complexity index is 1330. The number of rotatable bonds is 4. The summed E-state index contributed by atoms with van der Waals surface area (Å²) in [7, 11) is 0. The number of ether oxygens (including phenoxy) is 1. The van der Waals surface area contributed by atoms with Crippen LogP contribution in [0, 0.1) is 0 Å². The van der Waals surface area contributed by atoms with Gasteiger partial charge in [0.15, 0.2) is 0 Å². The molecule has 5 rings (SSSR count). The Kier molecular flexibility index (Phi) is 5.95. The van der Waals surface area contributed by atoms with Crippen molar-refractivity contribution in [2.24, 2.45) is 0 Å². The molecule has 5 nitrogen and oxygen atoms in total. The Hall–Kier alpha value is -3.10. The highest BCUT2D eigenvalue weighted by Gasteiger charge is 2.33. The van der Waals surface area contributed by atoms with Crippen LogP contribution in [0.4, 0.5) is 18.9 Å². The standard InChI is InChI=1S/C25H21ClF3N3O2/c26-22-11-16(1-3-21(22)25(27,28)29)15-32-6-5-17(12-24(32)33)19-2-4-23-20(19)13-18(14-30-23)31-7-9-34-10-8-31/h1-3,5-6,11-14H,4,7-10,15H2. The van der Waals surface area contributed by atoms with Gasteiger partial charge in [-0.05, 0) is 41.0 Å². The third-order valence-corrected chi connectivity index (χ3v) is 6.43. The minimum Gasteiger partial charge on any atom is -0.378 e. The van der Waals surface area contributed by atoms with Gasteiger partial charge in [0.2, 0.25) is 0 Å². The van der Waals surface area contributed by atoms with E-state index in [0.29, 0.717) is 25.2 Å². The molecule has 1 saturated heterocycles. The second-order valence-corrected chi connectivity index (χ2v) is 8.71. The molecule has 2 aliphatic rings. The zero-order valence-corrected chi connectivity index (χ0v) is 18.9. The highest BCUT2D eigenvalue weighted by molar-refractivity contribution is 6.31. The fourth-order valence-electron chi connectivity index (χ4n) is 4.34. The number of halogens is 4. The number of anilines is 1. The highest BCUT2D eigenvalue weighted by Crippen LogP contribution is 2.35. The molecular weight excluding hydrogens is 467 g/mol. The fourth-order valence-corrected chi connectivity index (χ4v) is 4.65. The molecule has 0 bridgehead atoms. The smallest absolute Gasteiger partial charge is 0.378 e. The molecule has 0 spiro atoms. The predicted molar refractivity (Wildman–Crippen MR) is 124 cm³/mol. The first-order valence-corrected chi connectivity index (χ1v) is 11.3. The number of allylic oxidation sites excluding steroid dienone is 1. The maximum atomic E-state index is 12.9. The lowest BCUT2D eigenvalue weighted by Crippen LogP contribution is -2.36. The number of aromatic nitrogens is 2. The molecule has 0 radical (unpaired) electrons. The molecule has 0 amide bonds. The predicted octanol–water partition coefficient (Wildman–Crippen LogP) is 4.79. The Balaban J connectivity index is 1.38. The number of pyridine rings is 2. The van der Waals surface area contributed by atoms with Crippen LogP contribution in [0.25, 0.3) is 5.57 Å². The number of fused-ring (bicyclic) bond motifs is 1. The summed E-state index contributed by atoms with van der Waals surface area (Å²) >= 11 is 5.82. The summed E-state index contributed by atoms with van der Waals surface area (Å²) in [4.78, 5) is 19.7. The number of alkyl halides is 3. The number of benzene rings is 1. The van der Waals surface area contributed by atoms with Crippen molar-refractivity contribution in [3.05, 3.63) is 98.2 Å². The summed E-state index contributed by atoms with van der Waals surface area (Å²) in [6.07, 6.45) is 1.78. The molecule has 0 atom stereocenters. The van der Waals surface area contributed by atoms with Crippen molar-refractivity contribution >= 4 is 22.9 Å². The van der Waals surface area contributed by atoms with Crippen LogP contribution in [0.1, 0.15) is 27.9 Å². The average molecular weight is 488 g/mol. The van der Waals surface area contributed by atoms with E-state index in [4.69, 9.17) is 16.3 Å². The average Bonchev–Trinajstić information content (AvgIpc) is 3.23. The van der Waals surface area contributed by atoms with Crippen molar-refractivity contribution in [2.45, 2.75) is 19.1 Å². The topological polar surface area (TPSA) is 47.4 Å². The normalized spacial score (nSPS) is 15.9. The third kappa shape index (κ3) is 4.48. The van der Waals surface area contributed by atoms with Crippen molar-refractivity contribution in [1.82, 2.24) is 9.55 Å². The molecule has 1 aliphatic heterocycles. The molecule has 2 aromatic heterocycles. The van der Waals surface area contributed by atoms with Gasteiger partial charge in [-0.1, -0.05) is 23.7 Å². The van der Waals surface area contributed by atoms with Crippen LogP contribution in [-0.2, 0) is 23.9 Å². The summed E-state index contributed by atoms with van der Waals surface area (Å²) < 4.78 is 45.7.